The van der Waals surface area contributed by atoms with Crippen LogP contribution in [0.3, 0.4) is 0 Å². The molecule has 13 heteroatoms. The molecule has 0 radical (unpaired) electrons. The normalized spacial score (nSPS) is 15.8. The molecule has 0 spiro atoms. The van der Waals surface area contributed by atoms with E-state index in [0.29, 0.717) is 55.6 Å². The first kappa shape index (κ1) is 28.0. The lowest BCUT2D eigenvalue weighted by Gasteiger charge is -2.42. The van der Waals surface area contributed by atoms with Gasteiger partial charge in [-0.2, -0.15) is 12.8 Å². The molecule has 0 atom stereocenters. The second kappa shape index (κ2) is 11.0. The van der Waals surface area contributed by atoms with Gasteiger partial charge in [0, 0.05) is 50.0 Å². The van der Waals surface area contributed by atoms with Gasteiger partial charge in [-0.25, -0.2) is 8.78 Å². The maximum Gasteiger partial charge on any atom is 0.306 e. The summed E-state index contributed by atoms with van der Waals surface area (Å²) >= 11 is 0. The Bertz CT molecular complexity index is 1520. The van der Waals surface area contributed by atoms with Crippen LogP contribution in [0.1, 0.15) is 24.0 Å². The van der Waals surface area contributed by atoms with Crippen molar-refractivity contribution in [2.75, 3.05) is 25.1 Å². The van der Waals surface area contributed by atoms with Gasteiger partial charge in [0.15, 0.2) is 0 Å². The van der Waals surface area contributed by atoms with Crippen molar-refractivity contribution < 1.29 is 31.2 Å². The van der Waals surface area contributed by atoms with E-state index in [4.69, 9.17) is 10.5 Å². The summed E-state index contributed by atoms with van der Waals surface area (Å²) < 4.78 is 75.6. The smallest absolute Gasteiger partial charge is 0.306 e. The molecule has 4 rings (SSSR count). The van der Waals surface area contributed by atoms with Gasteiger partial charge in [0.05, 0.1) is 15.4 Å². The molecule has 3 aromatic carbocycles. The Morgan fingerprint density at radius 2 is 1.72 bits per heavy atom. The van der Waals surface area contributed by atoms with Gasteiger partial charge in [-0.3, -0.25) is 10.1 Å². The summed E-state index contributed by atoms with van der Waals surface area (Å²) in [5, 5.41) is 10.9. The van der Waals surface area contributed by atoms with E-state index in [1.807, 2.05) is 0 Å². The van der Waals surface area contributed by atoms with E-state index >= 15 is 0 Å². The van der Waals surface area contributed by atoms with Gasteiger partial charge in [0.25, 0.3) is 10.0 Å². The summed E-state index contributed by atoms with van der Waals surface area (Å²) in [6.45, 7) is 1.19. The third kappa shape index (κ3) is 6.20. The topological polar surface area (TPSA) is 128 Å². The Hall–Kier alpha value is -3.97. The van der Waals surface area contributed by atoms with E-state index in [1.165, 1.54) is 12.1 Å². The first-order valence-electron chi connectivity index (χ1n) is 11.8. The van der Waals surface area contributed by atoms with Crippen molar-refractivity contribution in [2.45, 2.75) is 29.8 Å². The second-order valence-electron chi connectivity index (χ2n) is 9.16. The summed E-state index contributed by atoms with van der Waals surface area (Å²) in [5.74, 6) is -2.76. The largest absolute Gasteiger partial charge is 0.383 e. The lowest BCUT2D eigenvalue weighted by molar-refractivity contribution is -0.387. The number of methoxy groups -OCH3 is 1. The van der Waals surface area contributed by atoms with Crippen molar-refractivity contribution in [1.29, 1.82) is 0 Å². The molecule has 0 aromatic heterocycles. The van der Waals surface area contributed by atoms with E-state index in [2.05, 4.69) is 9.30 Å². The van der Waals surface area contributed by atoms with E-state index in [9.17, 15) is 31.7 Å². The fraction of sp³-hybridized carbons (Fsp3) is 0.269. The van der Waals surface area contributed by atoms with Crippen LogP contribution in [-0.4, -0.2) is 45.0 Å². The van der Waals surface area contributed by atoms with E-state index < -0.39 is 48.6 Å². The van der Waals surface area contributed by atoms with Crippen LogP contribution >= 0.6 is 0 Å². The Labute approximate surface area is 222 Å². The van der Waals surface area contributed by atoms with Gasteiger partial charge < -0.3 is 15.4 Å². The first-order chi connectivity index (χ1) is 18.4. The summed E-state index contributed by atoms with van der Waals surface area (Å²) in [5.41, 5.74) is 5.83. The van der Waals surface area contributed by atoms with Gasteiger partial charge in [-0.05, 0) is 60.9 Å². The van der Waals surface area contributed by atoms with Crippen LogP contribution in [0, 0.1) is 27.6 Å². The fourth-order valence-electron chi connectivity index (χ4n) is 4.51. The number of rotatable bonds is 8. The standard InChI is InChI=1S/C26H25F3N4O5S/c1-38-26(16-18-2-5-19(27)14-23(18)29)10-12-32(13-11-26)20-6-3-17(4-7-20)25(30)31-39(36,37)21-8-9-22(28)24(15-21)33(34)35/h2-9,14-15H,10-13,16H2,1H3,(H2,30,31). The minimum Gasteiger partial charge on any atom is -0.383 e. The highest BCUT2D eigenvalue weighted by Crippen LogP contribution is 2.33. The fourth-order valence-corrected chi connectivity index (χ4v) is 5.48. The van der Waals surface area contributed by atoms with Crippen LogP contribution in [0.15, 0.2) is 70.0 Å². The van der Waals surface area contributed by atoms with Crippen molar-refractivity contribution >= 4 is 27.2 Å². The monoisotopic (exact) mass is 562 g/mol. The molecule has 2 N–H and O–H groups in total. The molecule has 9 nitrogen and oxygen atoms in total. The van der Waals surface area contributed by atoms with Gasteiger partial charge >= 0.3 is 5.69 Å². The zero-order chi connectivity index (χ0) is 28.4. The van der Waals surface area contributed by atoms with Crippen molar-refractivity contribution in [1.82, 2.24) is 0 Å². The van der Waals surface area contributed by atoms with Crippen molar-refractivity contribution in [2.24, 2.45) is 10.1 Å². The first-order valence-corrected chi connectivity index (χ1v) is 13.3. The summed E-state index contributed by atoms with van der Waals surface area (Å²) in [6.07, 6.45) is 1.49. The minimum absolute atomic E-state index is 0.300. The molecule has 39 heavy (non-hydrogen) atoms. The lowest BCUT2D eigenvalue weighted by Crippen LogP contribution is -2.47. The number of sulfonamides is 1. The van der Waals surface area contributed by atoms with Gasteiger partial charge in [-0.15, -0.1) is 4.40 Å². The summed E-state index contributed by atoms with van der Waals surface area (Å²) in [4.78, 5) is 11.4. The number of piperidine rings is 1. The highest BCUT2D eigenvalue weighted by atomic mass is 32.2. The minimum atomic E-state index is -4.44. The van der Waals surface area contributed by atoms with E-state index in [-0.39, 0.29) is 5.84 Å². The summed E-state index contributed by atoms with van der Waals surface area (Å²) in [6, 6.07) is 12.3. The van der Waals surface area contributed by atoms with Crippen LogP contribution in [0.25, 0.3) is 0 Å². The number of nitrogens with zero attached hydrogens (tertiary/aromatic N) is 3. The number of amidine groups is 1. The number of hydrogen-bond acceptors (Lipinski definition) is 6. The van der Waals surface area contributed by atoms with Crippen LogP contribution < -0.4 is 10.6 Å². The number of nitrogens with two attached hydrogens (primary N) is 1. The zero-order valence-corrected chi connectivity index (χ0v) is 21.6. The molecule has 1 saturated heterocycles. The molecule has 0 amide bonds. The summed E-state index contributed by atoms with van der Waals surface area (Å²) in [7, 11) is -2.86. The van der Waals surface area contributed by atoms with E-state index in [1.54, 1.807) is 31.4 Å². The van der Waals surface area contributed by atoms with Crippen molar-refractivity contribution in [3.63, 3.8) is 0 Å². The number of halogens is 3. The molecule has 1 fully saturated rings. The van der Waals surface area contributed by atoms with Crippen LogP contribution in [0.2, 0.25) is 0 Å². The third-order valence-electron chi connectivity index (χ3n) is 6.79. The Morgan fingerprint density at radius 1 is 1.05 bits per heavy atom. The number of ether oxygens (including phenoxy) is 1. The Balaban J connectivity index is 1.45. The number of benzene rings is 3. The molecule has 1 aliphatic rings. The molecule has 3 aromatic rings. The number of nitro benzene ring substituents is 1. The van der Waals surface area contributed by atoms with E-state index in [0.717, 1.165) is 17.8 Å². The van der Waals surface area contributed by atoms with Gasteiger partial charge in [0.1, 0.15) is 17.5 Å². The van der Waals surface area contributed by atoms with Gasteiger partial charge in [0.2, 0.25) is 5.82 Å². The molecule has 1 aliphatic heterocycles. The predicted octanol–water partition coefficient (Wildman–Crippen LogP) is 4.33. The molecule has 1 heterocycles. The maximum absolute atomic E-state index is 14.2. The average molecular weight is 563 g/mol. The molecular formula is C26H25F3N4O5S. The van der Waals surface area contributed by atoms with Crippen LogP contribution in [0.4, 0.5) is 24.5 Å². The quantitative estimate of drug-likeness (QED) is 0.187. The average Bonchev–Trinajstić information content (AvgIpc) is 2.90. The lowest BCUT2D eigenvalue weighted by atomic mass is 9.84. The van der Waals surface area contributed by atoms with Crippen molar-refractivity contribution in [3.05, 3.63) is 99.4 Å². The molecule has 0 aliphatic carbocycles. The molecular weight excluding hydrogens is 537 g/mol. The Kier molecular flexibility index (Phi) is 7.93. The maximum atomic E-state index is 14.2. The molecule has 206 valence electrons. The number of hydrogen-bond donors (Lipinski definition) is 1. The highest BCUT2D eigenvalue weighted by molar-refractivity contribution is 7.90. The van der Waals surface area contributed by atoms with Crippen LogP contribution in [-0.2, 0) is 21.2 Å². The third-order valence-corrected chi connectivity index (χ3v) is 8.08. The van der Waals surface area contributed by atoms with Crippen LogP contribution in [0.5, 0.6) is 0 Å². The molecule has 0 unspecified atom stereocenters. The van der Waals surface area contributed by atoms with Crippen molar-refractivity contribution in [3.8, 4) is 0 Å². The number of anilines is 1. The molecule has 0 bridgehead atoms. The highest BCUT2D eigenvalue weighted by Gasteiger charge is 2.35. The molecule has 0 saturated carbocycles. The predicted molar refractivity (Wildman–Crippen MR) is 139 cm³/mol. The number of nitro groups is 1. The van der Waals surface area contributed by atoms with Gasteiger partial charge in [-0.1, -0.05) is 6.07 Å². The second-order valence-corrected chi connectivity index (χ2v) is 10.8. The SMILES string of the molecule is COC1(Cc2ccc(F)cc2F)CCN(c2ccc(/C(N)=N\S(=O)(=O)c3ccc(F)c([N+](=O)[O-])c3)cc2)CC1. The Morgan fingerprint density at radius 3 is 2.31 bits per heavy atom. The zero-order valence-electron chi connectivity index (χ0n) is 20.8.